The Kier molecular flexibility index (Phi) is 4.91. The molecule has 2 atom stereocenters. The minimum atomic E-state index is -0.159. The number of carbonyl (C=O) groups is 1. The maximum Gasteiger partial charge on any atom is 0.314 e. The topological polar surface area (TPSA) is 30.7 Å². The highest BCUT2D eigenvalue weighted by molar-refractivity contribution is 5.72. The zero-order valence-corrected chi connectivity index (χ0v) is 11.3. The van der Waals surface area contributed by atoms with Crippen molar-refractivity contribution in [1.82, 2.24) is 0 Å². The van der Waals surface area contributed by atoms with Gasteiger partial charge in [0, 0.05) is 5.56 Å². The van der Waals surface area contributed by atoms with Crippen molar-refractivity contribution in [2.75, 3.05) is 19.7 Å². The molecule has 0 radical (unpaired) electrons. The van der Waals surface area contributed by atoms with Crippen molar-refractivity contribution in [3.8, 4) is 0 Å². The van der Waals surface area contributed by atoms with E-state index in [2.05, 4.69) is 0 Å². The third-order valence-electron chi connectivity index (χ3n) is 3.64. The molecule has 19 heavy (non-hydrogen) atoms. The Morgan fingerprint density at radius 2 is 2.26 bits per heavy atom. The highest BCUT2D eigenvalue weighted by Crippen LogP contribution is 2.11. The zero-order chi connectivity index (χ0) is 13.7. The molecular formula is C15H21FNO2+. The van der Waals surface area contributed by atoms with Gasteiger partial charge in [0.15, 0.2) is 0 Å². The Bertz CT molecular complexity index is 436. The fourth-order valence-electron chi connectivity index (χ4n) is 2.68. The molecule has 1 aliphatic heterocycles. The monoisotopic (exact) mass is 266 g/mol. The molecule has 1 unspecified atom stereocenters. The van der Waals surface area contributed by atoms with E-state index in [0.29, 0.717) is 13.2 Å². The average molecular weight is 266 g/mol. The molecule has 1 N–H and O–H groups in total. The molecule has 0 spiro atoms. The second-order valence-corrected chi connectivity index (χ2v) is 5.06. The maximum atomic E-state index is 13.6. The van der Waals surface area contributed by atoms with Crippen molar-refractivity contribution < 1.29 is 18.8 Å². The van der Waals surface area contributed by atoms with Crippen molar-refractivity contribution in [3.63, 3.8) is 0 Å². The average Bonchev–Trinajstić information content (AvgIpc) is 2.42. The number of benzene rings is 1. The fourth-order valence-corrected chi connectivity index (χ4v) is 2.68. The van der Waals surface area contributed by atoms with Crippen LogP contribution in [0.15, 0.2) is 24.3 Å². The van der Waals surface area contributed by atoms with E-state index in [1.165, 1.54) is 11.0 Å². The first kappa shape index (κ1) is 14.0. The lowest BCUT2D eigenvalue weighted by atomic mass is 9.97. The molecular weight excluding hydrogens is 245 g/mol. The minimum absolute atomic E-state index is 0.0320. The number of halogens is 1. The molecule has 1 fully saturated rings. The van der Waals surface area contributed by atoms with Crippen molar-refractivity contribution in [3.05, 3.63) is 35.6 Å². The summed E-state index contributed by atoms with van der Waals surface area (Å²) in [6, 6.07) is 6.86. The number of esters is 1. The van der Waals surface area contributed by atoms with Crippen LogP contribution in [0.5, 0.6) is 0 Å². The van der Waals surface area contributed by atoms with Gasteiger partial charge in [-0.05, 0) is 25.8 Å². The summed E-state index contributed by atoms with van der Waals surface area (Å²) in [5.41, 5.74) is 0.724. The number of ether oxygens (including phenoxy) is 1. The van der Waals surface area contributed by atoms with Crippen LogP contribution in [0.1, 0.15) is 25.3 Å². The Morgan fingerprint density at radius 3 is 3.00 bits per heavy atom. The van der Waals surface area contributed by atoms with E-state index in [-0.39, 0.29) is 17.7 Å². The number of likely N-dealkylation sites (tertiary alicyclic amines) is 1. The number of hydrogen-bond donors (Lipinski definition) is 1. The lowest BCUT2D eigenvalue weighted by Crippen LogP contribution is -3.12. The van der Waals surface area contributed by atoms with Gasteiger partial charge in [-0.1, -0.05) is 18.2 Å². The number of hydrogen-bond acceptors (Lipinski definition) is 2. The lowest BCUT2D eigenvalue weighted by molar-refractivity contribution is -0.921. The summed E-state index contributed by atoms with van der Waals surface area (Å²) in [7, 11) is 0. The number of quaternary nitrogens is 1. The first-order chi connectivity index (χ1) is 9.20. The fraction of sp³-hybridized carbons (Fsp3) is 0.533. The van der Waals surface area contributed by atoms with Gasteiger partial charge in [0.05, 0.1) is 19.7 Å². The Morgan fingerprint density at radius 1 is 1.47 bits per heavy atom. The van der Waals surface area contributed by atoms with Gasteiger partial charge < -0.3 is 9.64 Å². The Balaban J connectivity index is 1.94. The Labute approximate surface area is 113 Å². The van der Waals surface area contributed by atoms with E-state index < -0.39 is 0 Å². The van der Waals surface area contributed by atoms with Crippen LogP contribution in [0.3, 0.4) is 0 Å². The number of carbonyl (C=O) groups excluding carboxylic acids is 1. The number of nitrogens with one attached hydrogen (secondary N) is 1. The molecule has 0 bridgehead atoms. The van der Waals surface area contributed by atoms with Gasteiger partial charge in [-0.25, -0.2) is 4.39 Å². The summed E-state index contributed by atoms with van der Waals surface area (Å²) in [6.07, 6.45) is 1.88. The van der Waals surface area contributed by atoms with Crippen LogP contribution in [0.2, 0.25) is 0 Å². The number of piperidine rings is 1. The summed E-state index contributed by atoms with van der Waals surface area (Å²) >= 11 is 0. The first-order valence-electron chi connectivity index (χ1n) is 6.94. The zero-order valence-electron chi connectivity index (χ0n) is 11.3. The number of rotatable bonds is 4. The maximum absolute atomic E-state index is 13.6. The lowest BCUT2D eigenvalue weighted by Gasteiger charge is -2.28. The van der Waals surface area contributed by atoms with Gasteiger partial charge in [-0.2, -0.15) is 0 Å². The normalized spacial score (nSPS) is 23.1. The van der Waals surface area contributed by atoms with Crippen LogP contribution in [0.25, 0.3) is 0 Å². The van der Waals surface area contributed by atoms with Crippen LogP contribution < -0.4 is 4.90 Å². The predicted octanol–water partition coefficient (Wildman–Crippen LogP) is 1.18. The van der Waals surface area contributed by atoms with Gasteiger partial charge in [0.25, 0.3) is 0 Å². The molecule has 2 rings (SSSR count). The molecule has 0 aliphatic carbocycles. The van der Waals surface area contributed by atoms with Crippen molar-refractivity contribution in [2.24, 2.45) is 5.92 Å². The standard InChI is InChI=1S/C15H20FNO2/c1-2-19-15(18)13-7-5-9-17(11-13)10-12-6-3-4-8-14(12)16/h3-4,6,8,13H,2,5,7,9-11H2,1H3/p+1/t13-/m1/s1. The van der Waals surface area contributed by atoms with E-state index in [1.807, 2.05) is 19.1 Å². The van der Waals surface area contributed by atoms with Crippen LogP contribution in [-0.4, -0.2) is 25.7 Å². The van der Waals surface area contributed by atoms with Crippen LogP contribution in [0, 0.1) is 11.7 Å². The van der Waals surface area contributed by atoms with Gasteiger partial charge in [-0.15, -0.1) is 0 Å². The van der Waals surface area contributed by atoms with E-state index in [1.54, 1.807) is 6.07 Å². The molecule has 4 heteroatoms. The predicted molar refractivity (Wildman–Crippen MR) is 70.2 cm³/mol. The van der Waals surface area contributed by atoms with Crippen molar-refractivity contribution in [2.45, 2.75) is 26.3 Å². The SMILES string of the molecule is CCOC(=O)[C@@H]1CCC[NH+](Cc2ccccc2F)C1. The summed E-state index contributed by atoms with van der Waals surface area (Å²) in [4.78, 5) is 13.0. The minimum Gasteiger partial charge on any atom is -0.466 e. The molecule has 1 aliphatic rings. The summed E-state index contributed by atoms with van der Waals surface area (Å²) in [5, 5.41) is 0. The van der Waals surface area contributed by atoms with Gasteiger partial charge in [-0.3, -0.25) is 4.79 Å². The molecule has 1 aromatic rings. The summed E-state index contributed by atoms with van der Waals surface area (Å²) in [6.45, 7) is 4.63. The van der Waals surface area contributed by atoms with Crippen LogP contribution in [0.4, 0.5) is 4.39 Å². The van der Waals surface area contributed by atoms with E-state index >= 15 is 0 Å². The molecule has 0 aromatic heterocycles. The summed E-state index contributed by atoms with van der Waals surface area (Å²) < 4.78 is 18.7. The molecule has 104 valence electrons. The molecule has 0 saturated carbocycles. The third kappa shape index (κ3) is 3.77. The highest BCUT2D eigenvalue weighted by Gasteiger charge is 2.29. The van der Waals surface area contributed by atoms with Crippen molar-refractivity contribution >= 4 is 5.97 Å². The second kappa shape index (κ2) is 6.66. The molecule has 1 aromatic carbocycles. The molecule has 1 heterocycles. The Hall–Kier alpha value is -1.42. The van der Waals surface area contributed by atoms with Gasteiger partial charge in [0.1, 0.15) is 18.3 Å². The third-order valence-corrected chi connectivity index (χ3v) is 3.64. The van der Waals surface area contributed by atoms with Gasteiger partial charge in [0.2, 0.25) is 0 Å². The van der Waals surface area contributed by atoms with Gasteiger partial charge >= 0.3 is 5.97 Å². The largest absolute Gasteiger partial charge is 0.466 e. The first-order valence-corrected chi connectivity index (χ1v) is 6.94. The summed E-state index contributed by atoms with van der Waals surface area (Å²) in [5.74, 6) is -0.294. The smallest absolute Gasteiger partial charge is 0.314 e. The van der Waals surface area contributed by atoms with Crippen LogP contribution >= 0.6 is 0 Å². The quantitative estimate of drug-likeness (QED) is 0.830. The van der Waals surface area contributed by atoms with E-state index in [4.69, 9.17) is 4.74 Å². The van der Waals surface area contributed by atoms with E-state index in [9.17, 15) is 9.18 Å². The second-order valence-electron chi connectivity index (χ2n) is 5.06. The van der Waals surface area contributed by atoms with Crippen molar-refractivity contribution in [1.29, 1.82) is 0 Å². The van der Waals surface area contributed by atoms with Crippen LogP contribution in [-0.2, 0) is 16.1 Å². The molecule has 3 nitrogen and oxygen atoms in total. The highest BCUT2D eigenvalue weighted by atomic mass is 19.1. The molecule has 0 amide bonds. The van der Waals surface area contributed by atoms with E-state index in [0.717, 1.165) is 31.5 Å². The molecule has 1 saturated heterocycles.